The van der Waals surface area contributed by atoms with Crippen LogP contribution in [0.25, 0.3) is 5.70 Å². The normalized spacial score (nSPS) is 13.7. The van der Waals surface area contributed by atoms with E-state index < -0.39 is 0 Å². The van der Waals surface area contributed by atoms with E-state index in [4.69, 9.17) is 16.3 Å². The van der Waals surface area contributed by atoms with Crippen LogP contribution in [0.15, 0.2) is 23.8 Å². The highest BCUT2D eigenvalue weighted by molar-refractivity contribution is 6.32. The molecule has 0 radical (unpaired) electrons. The third-order valence-electron chi connectivity index (χ3n) is 2.62. The van der Waals surface area contributed by atoms with E-state index in [1.54, 1.807) is 18.2 Å². The Labute approximate surface area is 110 Å². The number of rotatable bonds is 2. The number of benzene rings is 1. The molecule has 1 aromatic rings. The number of halogens is 1. The van der Waals surface area contributed by atoms with Crippen molar-refractivity contribution in [2.45, 2.75) is 13.8 Å². The van der Waals surface area contributed by atoms with Crippen molar-refractivity contribution in [2.75, 3.05) is 6.61 Å². The Hall–Kier alpha value is -1.81. The summed E-state index contributed by atoms with van der Waals surface area (Å²) < 4.78 is 5.48. The van der Waals surface area contributed by atoms with E-state index >= 15 is 0 Å². The molecule has 0 unspecified atom stereocenters. The van der Waals surface area contributed by atoms with E-state index in [0.717, 1.165) is 0 Å². The average Bonchev–Trinajstić information content (AvgIpc) is 2.29. The van der Waals surface area contributed by atoms with Gasteiger partial charge in [-0.05, 0) is 19.1 Å². The van der Waals surface area contributed by atoms with Crippen molar-refractivity contribution in [2.24, 2.45) is 0 Å². The van der Waals surface area contributed by atoms with Crippen LogP contribution in [-0.4, -0.2) is 18.3 Å². The number of hydrogen-bond donors (Lipinski definition) is 1. The minimum absolute atomic E-state index is 0.113. The molecular formula is C13H12ClNO3. The summed E-state index contributed by atoms with van der Waals surface area (Å²) in [5, 5.41) is 3.13. The molecule has 18 heavy (non-hydrogen) atoms. The van der Waals surface area contributed by atoms with Crippen molar-refractivity contribution in [1.29, 1.82) is 0 Å². The van der Waals surface area contributed by atoms with Crippen molar-refractivity contribution < 1.29 is 14.3 Å². The zero-order valence-electron chi connectivity index (χ0n) is 10.0. The molecule has 0 atom stereocenters. The SMILES string of the molecule is CC(=O)NC1=C(C(C)=O)COc2c(Cl)cccc21. The zero-order valence-corrected chi connectivity index (χ0v) is 10.8. The molecule has 0 saturated heterocycles. The maximum atomic E-state index is 11.6. The Morgan fingerprint density at radius 1 is 1.33 bits per heavy atom. The molecule has 94 valence electrons. The molecule has 1 heterocycles. The van der Waals surface area contributed by atoms with Crippen LogP contribution in [-0.2, 0) is 9.59 Å². The van der Waals surface area contributed by atoms with Crippen molar-refractivity contribution in [3.63, 3.8) is 0 Å². The molecule has 0 spiro atoms. The summed E-state index contributed by atoms with van der Waals surface area (Å²) in [6.07, 6.45) is 0. The second kappa shape index (κ2) is 4.82. The smallest absolute Gasteiger partial charge is 0.221 e. The number of nitrogens with one attached hydrogen (secondary N) is 1. The van der Waals surface area contributed by atoms with E-state index in [0.29, 0.717) is 27.6 Å². The maximum absolute atomic E-state index is 11.6. The van der Waals surface area contributed by atoms with Crippen LogP contribution in [0.4, 0.5) is 0 Å². The number of hydrogen-bond acceptors (Lipinski definition) is 3. The molecule has 1 aliphatic heterocycles. The lowest BCUT2D eigenvalue weighted by molar-refractivity contribution is -0.117. The summed E-state index contributed by atoms with van der Waals surface area (Å²) >= 11 is 6.03. The number of ether oxygens (including phenoxy) is 1. The Kier molecular flexibility index (Phi) is 3.39. The Morgan fingerprint density at radius 3 is 2.67 bits per heavy atom. The third kappa shape index (κ3) is 2.24. The molecule has 0 aliphatic carbocycles. The van der Waals surface area contributed by atoms with Crippen molar-refractivity contribution in [3.05, 3.63) is 34.4 Å². The van der Waals surface area contributed by atoms with Crippen LogP contribution < -0.4 is 10.1 Å². The van der Waals surface area contributed by atoms with Gasteiger partial charge in [-0.25, -0.2) is 0 Å². The monoisotopic (exact) mass is 265 g/mol. The van der Waals surface area contributed by atoms with Gasteiger partial charge in [0.2, 0.25) is 5.91 Å². The maximum Gasteiger partial charge on any atom is 0.221 e. The van der Waals surface area contributed by atoms with Crippen LogP contribution in [0, 0.1) is 0 Å². The number of carbonyl (C=O) groups is 2. The second-order valence-corrected chi connectivity index (χ2v) is 4.40. The lowest BCUT2D eigenvalue weighted by Crippen LogP contribution is -2.27. The van der Waals surface area contributed by atoms with Gasteiger partial charge < -0.3 is 10.1 Å². The molecule has 0 aromatic heterocycles. The van der Waals surface area contributed by atoms with E-state index in [1.807, 2.05) is 0 Å². The van der Waals surface area contributed by atoms with E-state index in [2.05, 4.69) is 5.32 Å². The summed E-state index contributed by atoms with van der Waals surface area (Å²) in [5.41, 5.74) is 1.56. The molecule has 4 nitrogen and oxygen atoms in total. The van der Waals surface area contributed by atoms with E-state index in [9.17, 15) is 9.59 Å². The number of Topliss-reactive ketones (excluding diaryl/α,β-unsaturated/α-hetero) is 1. The minimum atomic E-state index is -0.239. The Balaban J connectivity index is 2.61. The van der Waals surface area contributed by atoms with Gasteiger partial charge in [-0.1, -0.05) is 17.7 Å². The molecule has 1 amide bonds. The third-order valence-corrected chi connectivity index (χ3v) is 2.92. The summed E-state index contributed by atoms with van der Waals surface area (Å²) in [4.78, 5) is 22.8. The van der Waals surface area contributed by atoms with Gasteiger partial charge in [0.25, 0.3) is 0 Å². The van der Waals surface area contributed by atoms with Crippen LogP contribution in [0.2, 0.25) is 5.02 Å². The van der Waals surface area contributed by atoms with Gasteiger partial charge in [0, 0.05) is 12.5 Å². The van der Waals surface area contributed by atoms with E-state index in [-0.39, 0.29) is 18.3 Å². The highest BCUT2D eigenvalue weighted by Gasteiger charge is 2.25. The largest absolute Gasteiger partial charge is 0.486 e. The van der Waals surface area contributed by atoms with E-state index in [1.165, 1.54) is 13.8 Å². The molecule has 2 rings (SSSR count). The number of amides is 1. The van der Waals surface area contributed by atoms with Gasteiger partial charge in [-0.15, -0.1) is 0 Å². The molecule has 1 aliphatic rings. The fraction of sp³-hybridized carbons (Fsp3) is 0.231. The molecule has 0 bridgehead atoms. The van der Waals surface area contributed by atoms with Crippen LogP contribution in [0.5, 0.6) is 5.75 Å². The number of carbonyl (C=O) groups excluding carboxylic acids is 2. The van der Waals surface area contributed by atoms with Gasteiger partial charge in [-0.2, -0.15) is 0 Å². The van der Waals surface area contributed by atoms with Crippen LogP contribution in [0.3, 0.4) is 0 Å². The topological polar surface area (TPSA) is 55.4 Å². The van der Waals surface area contributed by atoms with Crippen LogP contribution in [0.1, 0.15) is 19.4 Å². The number of fused-ring (bicyclic) bond motifs is 1. The van der Waals surface area contributed by atoms with Gasteiger partial charge in [0.15, 0.2) is 5.78 Å². The molecule has 0 saturated carbocycles. The first-order chi connectivity index (χ1) is 8.50. The Morgan fingerprint density at radius 2 is 2.06 bits per heavy atom. The second-order valence-electron chi connectivity index (χ2n) is 4.00. The molecular weight excluding hydrogens is 254 g/mol. The van der Waals surface area contributed by atoms with Gasteiger partial charge in [0.05, 0.1) is 16.3 Å². The molecule has 5 heteroatoms. The van der Waals surface area contributed by atoms with Crippen molar-refractivity contribution in [3.8, 4) is 5.75 Å². The first kappa shape index (κ1) is 12.6. The number of ketones is 1. The Bertz CT molecular complexity index is 563. The van der Waals surface area contributed by atoms with Gasteiger partial charge in [-0.3, -0.25) is 9.59 Å². The predicted molar refractivity (Wildman–Crippen MR) is 68.4 cm³/mol. The van der Waals surface area contributed by atoms with Crippen molar-refractivity contribution >= 4 is 29.0 Å². The summed E-state index contributed by atoms with van der Waals surface area (Å²) in [7, 11) is 0. The molecule has 1 N–H and O–H groups in total. The fourth-order valence-electron chi connectivity index (χ4n) is 1.83. The van der Waals surface area contributed by atoms with Gasteiger partial charge >= 0.3 is 0 Å². The first-order valence-corrected chi connectivity index (χ1v) is 5.82. The highest BCUT2D eigenvalue weighted by Crippen LogP contribution is 2.37. The molecule has 0 fully saturated rings. The highest BCUT2D eigenvalue weighted by atomic mass is 35.5. The summed E-state index contributed by atoms with van der Waals surface area (Å²) in [6.45, 7) is 2.95. The standard InChI is InChI=1S/C13H12ClNO3/c1-7(16)10-6-18-13-9(4-3-5-11(13)14)12(10)15-8(2)17/h3-5H,6H2,1-2H3,(H,15,17). The van der Waals surface area contributed by atoms with Crippen LogP contribution >= 0.6 is 11.6 Å². The summed E-state index contributed by atoms with van der Waals surface area (Å²) in [6, 6.07) is 5.20. The number of para-hydroxylation sites is 1. The molecule has 1 aromatic carbocycles. The lowest BCUT2D eigenvalue weighted by atomic mass is 10.0. The summed E-state index contributed by atoms with van der Waals surface area (Å²) in [5.74, 6) is 0.119. The lowest BCUT2D eigenvalue weighted by Gasteiger charge is -2.23. The zero-order chi connectivity index (χ0) is 13.3. The minimum Gasteiger partial charge on any atom is -0.486 e. The fourth-order valence-corrected chi connectivity index (χ4v) is 2.06. The van der Waals surface area contributed by atoms with Crippen molar-refractivity contribution in [1.82, 2.24) is 5.32 Å². The average molecular weight is 266 g/mol. The first-order valence-electron chi connectivity index (χ1n) is 5.44. The quantitative estimate of drug-likeness (QED) is 0.892. The van der Waals surface area contributed by atoms with Gasteiger partial charge in [0.1, 0.15) is 12.4 Å². The predicted octanol–water partition coefficient (Wildman–Crippen LogP) is 2.17.